The number of aromatic nitrogens is 1. The first kappa shape index (κ1) is 27.4. The van der Waals surface area contributed by atoms with Crippen molar-refractivity contribution in [1.82, 2.24) is 9.88 Å². The van der Waals surface area contributed by atoms with E-state index in [1.165, 1.54) is 13.2 Å². The van der Waals surface area contributed by atoms with Gasteiger partial charge in [0.25, 0.3) is 0 Å². The van der Waals surface area contributed by atoms with Crippen molar-refractivity contribution >= 4 is 17.9 Å². The number of methoxy groups -OCH3 is 2. The molecule has 2 atom stereocenters. The number of amides is 1. The Kier molecular flexibility index (Phi) is 7.86. The quantitative estimate of drug-likeness (QED) is 0.328. The molecule has 8 nitrogen and oxygen atoms in total. The van der Waals surface area contributed by atoms with Crippen molar-refractivity contribution in [3.63, 3.8) is 0 Å². The lowest BCUT2D eigenvalue weighted by Gasteiger charge is -2.33. The number of anilines is 1. The fourth-order valence-electron chi connectivity index (χ4n) is 5.06. The molecule has 0 radical (unpaired) electrons. The molecular weight excluding hydrogens is 520 g/mol. The van der Waals surface area contributed by atoms with Crippen molar-refractivity contribution in [2.24, 2.45) is 0 Å². The molecule has 1 amide bonds. The Balaban J connectivity index is 1.50. The number of pyridine rings is 1. The summed E-state index contributed by atoms with van der Waals surface area (Å²) in [7, 11) is 2.95. The maximum atomic E-state index is 13.9. The van der Waals surface area contributed by atoms with Crippen LogP contribution < -0.4 is 9.64 Å². The van der Waals surface area contributed by atoms with Crippen LogP contribution >= 0.6 is 0 Å². The van der Waals surface area contributed by atoms with Crippen molar-refractivity contribution in [3.05, 3.63) is 77.0 Å². The maximum absolute atomic E-state index is 13.9. The first-order valence-electron chi connectivity index (χ1n) is 13.2. The van der Waals surface area contributed by atoms with E-state index >= 15 is 0 Å². The van der Waals surface area contributed by atoms with Crippen LogP contribution in [-0.4, -0.2) is 55.3 Å². The topological polar surface area (TPSA) is 81.2 Å². The highest BCUT2D eigenvalue weighted by molar-refractivity contribution is 5.76. The smallest absolute Gasteiger partial charge is 0.411 e. The van der Waals surface area contributed by atoms with E-state index in [2.05, 4.69) is 4.90 Å². The van der Waals surface area contributed by atoms with Crippen LogP contribution in [0.2, 0.25) is 0 Å². The van der Waals surface area contributed by atoms with E-state index in [4.69, 9.17) is 19.2 Å². The van der Waals surface area contributed by atoms with E-state index in [0.717, 1.165) is 54.2 Å². The number of benzene rings is 2. The van der Waals surface area contributed by atoms with Crippen LogP contribution in [0.1, 0.15) is 42.7 Å². The number of carbonyl (C=O) groups excluding carboxylic acids is 2. The summed E-state index contributed by atoms with van der Waals surface area (Å²) < 4.78 is 43.5. The first-order chi connectivity index (χ1) is 19.3. The third kappa shape index (κ3) is 5.43. The molecule has 2 aliphatic heterocycles. The molecule has 2 aromatic carbocycles. The lowest BCUT2D eigenvalue weighted by Crippen LogP contribution is -2.38. The second-order valence-electron chi connectivity index (χ2n) is 9.96. The van der Waals surface area contributed by atoms with Crippen LogP contribution in [0.5, 0.6) is 5.75 Å². The molecule has 0 unspecified atom stereocenters. The van der Waals surface area contributed by atoms with Gasteiger partial charge in [0.15, 0.2) is 11.6 Å². The fourth-order valence-corrected chi connectivity index (χ4v) is 5.06. The zero-order valence-electron chi connectivity index (χ0n) is 22.7. The number of esters is 1. The van der Waals surface area contributed by atoms with Gasteiger partial charge in [0.05, 0.1) is 32.5 Å². The highest BCUT2D eigenvalue weighted by atomic mass is 19.2. The molecule has 10 heteroatoms. The molecule has 1 aromatic heterocycles. The molecule has 0 spiro atoms. The minimum atomic E-state index is -0.996. The third-order valence-corrected chi connectivity index (χ3v) is 7.52. The van der Waals surface area contributed by atoms with E-state index in [0.29, 0.717) is 23.4 Å². The summed E-state index contributed by atoms with van der Waals surface area (Å²) in [5.74, 6) is -0.821. The summed E-state index contributed by atoms with van der Waals surface area (Å²) in [5, 5.41) is 0. The van der Waals surface area contributed by atoms with Crippen LogP contribution in [0.25, 0.3) is 11.1 Å². The van der Waals surface area contributed by atoms with E-state index in [1.807, 2.05) is 37.3 Å². The molecule has 3 heterocycles. The van der Waals surface area contributed by atoms with E-state index in [9.17, 15) is 18.4 Å². The average molecular weight is 552 g/mol. The van der Waals surface area contributed by atoms with Crippen LogP contribution in [0.4, 0.5) is 19.4 Å². The van der Waals surface area contributed by atoms with Gasteiger partial charge in [-0.3, -0.25) is 9.69 Å². The van der Waals surface area contributed by atoms with Gasteiger partial charge in [0.2, 0.25) is 0 Å². The Bertz CT molecular complexity index is 1430. The zero-order chi connectivity index (χ0) is 28.4. The Morgan fingerprint density at radius 1 is 1.05 bits per heavy atom. The number of rotatable bonds is 9. The summed E-state index contributed by atoms with van der Waals surface area (Å²) in [6.45, 7) is 3.74. The lowest BCUT2D eigenvalue weighted by atomic mass is 9.97. The van der Waals surface area contributed by atoms with Crippen LogP contribution in [0, 0.1) is 11.6 Å². The fraction of sp³-hybridized carbons (Fsp3) is 0.367. The third-order valence-electron chi connectivity index (χ3n) is 7.52. The first-order valence-corrected chi connectivity index (χ1v) is 13.2. The average Bonchev–Trinajstić information content (AvgIpc) is 3.20. The Morgan fingerprint density at radius 2 is 1.85 bits per heavy atom. The Morgan fingerprint density at radius 3 is 2.52 bits per heavy atom. The molecular formula is C30H31F2N3O5. The predicted molar refractivity (Wildman–Crippen MR) is 144 cm³/mol. The SMILES string of the molecule is COC(=O)CCc1ccc(OC)c(-c2ccc(N3CCC3)nc2CN2C(=O)O[C@H](c3ccc(F)c(F)c3)[C@@H]2C)c1. The van der Waals surface area contributed by atoms with Gasteiger partial charge in [-0.2, -0.15) is 0 Å². The van der Waals surface area contributed by atoms with E-state index in [1.54, 1.807) is 12.0 Å². The normalized spacial score (nSPS) is 18.4. The number of hydrogen-bond acceptors (Lipinski definition) is 7. The molecule has 2 aliphatic rings. The second-order valence-corrected chi connectivity index (χ2v) is 9.96. The predicted octanol–water partition coefficient (Wildman–Crippen LogP) is 5.43. The number of nitrogens with zero attached hydrogens (tertiary/aromatic N) is 3. The molecule has 40 heavy (non-hydrogen) atoms. The molecule has 0 saturated carbocycles. The molecule has 2 fully saturated rings. The van der Waals surface area contributed by atoms with Crippen LogP contribution in [0.15, 0.2) is 48.5 Å². The van der Waals surface area contributed by atoms with Crippen molar-refractivity contribution < 1.29 is 32.6 Å². The van der Waals surface area contributed by atoms with E-state index in [-0.39, 0.29) is 18.9 Å². The minimum absolute atomic E-state index is 0.132. The summed E-state index contributed by atoms with van der Waals surface area (Å²) >= 11 is 0. The van der Waals surface area contributed by atoms with Crippen LogP contribution in [0.3, 0.4) is 0 Å². The number of ether oxygens (including phenoxy) is 3. The summed E-state index contributed by atoms with van der Waals surface area (Å²) in [6.07, 6.45) is 0.483. The van der Waals surface area contributed by atoms with Crippen molar-refractivity contribution in [1.29, 1.82) is 0 Å². The molecule has 5 rings (SSSR count). The molecule has 0 N–H and O–H groups in total. The van der Waals surface area contributed by atoms with Gasteiger partial charge in [0.1, 0.15) is 17.7 Å². The minimum Gasteiger partial charge on any atom is -0.496 e. The Hall–Kier alpha value is -4.21. The summed E-state index contributed by atoms with van der Waals surface area (Å²) in [4.78, 5) is 33.4. The highest BCUT2D eigenvalue weighted by Crippen LogP contribution is 2.38. The molecule has 2 saturated heterocycles. The molecule has 3 aromatic rings. The van der Waals surface area contributed by atoms with Gasteiger partial charge >= 0.3 is 12.1 Å². The molecule has 0 aliphatic carbocycles. The Labute approximate surface area is 231 Å². The van der Waals surface area contributed by atoms with Crippen molar-refractivity contribution in [2.45, 2.75) is 44.9 Å². The largest absolute Gasteiger partial charge is 0.496 e. The highest BCUT2D eigenvalue weighted by Gasteiger charge is 2.40. The molecule has 210 valence electrons. The van der Waals surface area contributed by atoms with Crippen molar-refractivity contribution in [3.8, 4) is 16.9 Å². The summed E-state index contributed by atoms with van der Waals surface area (Å²) in [6, 6.07) is 12.7. The van der Waals surface area contributed by atoms with Crippen molar-refractivity contribution in [2.75, 3.05) is 32.2 Å². The van der Waals surface area contributed by atoms with Gasteiger partial charge < -0.3 is 19.1 Å². The number of cyclic esters (lactones) is 1. The van der Waals surface area contributed by atoms with E-state index < -0.39 is 29.9 Å². The second kappa shape index (κ2) is 11.5. The zero-order valence-corrected chi connectivity index (χ0v) is 22.7. The van der Waals surface area contributed by atoms with Gasteiger partial charge in [-0.05, 0) is 67.3 Å². The standard InChI is InChI=1S/C30H31F2N3O5/c1-18-29(20-7-9-23(31)24(32)16-20)40-30(37)35(18)17-25-21(8-11-27(33-25)34-13-4-14-34)22-15-19(5-10-26(22)38-2)6-12-28(36)39-3/h5,7-11,15-16,18,29H,4,6,12-14,17H2,1-3H3/t18-,29-/m0/s1. The van der Waals surface area contributed by atoms with Crippen LogP contribution in [-0.2, 0) is 27.2 Å². The summed E-state index contributed by atoms with van der Waals surface area (Å²) in [5.41, 5.74) is 3.50. The van der Waals surface area contributed by atoms with Gasteiger partial charge in [-0.15, -0.1) is 0 Å². The number of aryl methyl sites for hydroxylation is 1. The molecule has 0 bridgehead atoms. The van der Waals surface area contributed by atoms with Gasteiger partial charge in [0, 0.05) is 30.6 Å². The lowest BCUT2D eigenvalue weighted by molar-refractivity contribution is -0.140. The number of carbonyl (C=O) groups is 2. The van der Waals surface area contributed by atoms with Gasteiger partial charge in [-0.1, -0.05) is 12.1 Å². The maximum Gasteiger partial charge on any atom is 0.411 e. The van der Waals surface area contributed by atoms with Gasteiger partial charge in [-0.25, -0.2) is 18.6 Å². The number of halogens is 2. The number of hydrogen-bond donors (Lipinski definition) is 0. The monoisotopic (exact) mass is 551 g/mol.